The summed E-state index contributed by atoms with van der Waals surface area (Å²) < 4.78 is 4.36. The van der Waals surface area contributed by atoms with Crippen LogP contribution in [-0.2, 0) is 9.53 Å². The summed E-state index contributed by atoms with van der Waals surface area (Å²) in [5.41, 5.74) is 0. The van der Waals surface area contributed by atoms with Crippen molar-refractivity contribution in [2.24, 2.45) is 5.92 Å². The van der Waals surface area contributed by atoms with Crippen LogP contribution in [-0.4, -0.2) is 17.9 Å². The Morgan fingerprint density at radius 3 is 2.67 bits per heavy atom. The Morgan fingerprint density at radius 1 is 1.67 bits per heavy atom. The third-order valence-electron chi connectivity index (χ3n) is 1.65. The third kappa shape index (κ3) is 1.42. The van der Waals surface area contributed by atoms with Crippen molar-refractivity contribution in [2.45, 2.75) is 19.3 Å². The third-order valence-corrected chi connectivity index (χ3v) is 1.65. The van der Waals surface area contributed by atoms with Gasteiger partial charge in [0.2, 0.25) is 0 Å². The second-order valence-electron chi connectivity index (χ2n) is 2.22. The van der Waals surface area contributed by atoms with Gasteiger partial charge in [-0.3, -0.25) is 4.79 Å². The van der Waals surface area contributed by atoms with Crippen molar-refractivity contribution in [1.29, 1.82) is 0 Å². The molecule has 0 aromatic rings. The standard InChI is InChI=1S/C6H10O3/c7-4-9-6(8)5-2-1-3-5/h5,7H,1-4H2. The zero-order valence-corrected chi connectivity index (χ0v) is 5.17. The van der Waals surface area contributed by atoms with E-state index < -0.39 is 6.79 Å². The summed E-state index contributed by atoms with van der Waals surface area (Å²) in [4.78, 5) is 10.6. The Hall–Kier alpha value is -0.570. The quantitative estimate of drug-likeness (QED) is 0.431. The monoisotopic (exact) mass is 130 g/mol. The summed E-state index contributed by atoms with van der Waals surface area (Å²) in [6.07, 6.45) is 2.98. The predicted molar refractivity (Wildman–Crippen MR) is 30.5 cm³/mol. The van der Waals surface area contributed by atoms with E-state index in [1.165, 1.54) is 0 Å². The van der Waals surface area contributed by atoms with E-state index in [1.807, 2.05) is 0 Å². The average molecular weight is 130 g/mol. The van der Waals surface area contributed by atoms with Crippen LogP contribution in [0.5, 0.6) is 0 Å². The first-order valence-electron chi connectivity index (χ1n) is 3.12. The average Bonchev–Trinajstić information content (AvgIpc) is 1.60. The number of aliphatic hydroxyl groups excluding tert-OH is 1. The van der Waals surface area contributed by atoms with Crippen molar-refractivity contribution in [3.05, 3.63) is 0 Å². The van der Waals surface area contributed by atoms with Gasteiger partial charge in [-0.2, -0.15) is 0 Å². The van der Waals surface area contributed by atoms with E-state index in [-0.39, 0.29) is 11.9 Å². The molecule has 0 aromatic carbocycles. The molecule has 0 bridgehead atoms. The number of rotatable bonds is 2. The van der Waals surface area contributed by atoms with Gasteiger partial charge in [0, 0.05) is 0 Å². The summed E-state index contributed by atoms with van der Waals surface area (Å²) in [7, 11) is 0. The van der Waals surface area contributed by atoms with Crippen LogP contribution >= 0.6 is 0 Å². The minimum Gasteiger partial charge on any atom is -0.438 e. The van der Waals surface area contributed by atoms with Gasteiger partial charge in [-0.05, 0) is 12.8 Å². The maximum Gasteiger partial charge on any atom is 0.311 e. The first-order valence-corrected chi connectivity index (χ1v) is 3.12. The Morgan fingerprint density at radius 2 is 2.33 bits per heavy atom. The summed E-state index contributed by atoms with van der Waals surface area (Å²) in [5.74, 6) is -0.166. The summed E-state index contributed by atoms with van der Waals surface area (Å²) in [6.45, 7) is -0.477. The number of hydrogen-bond donors (Lipinski definition) is 1. The molecule has 52 valence electrons. The molecule has 0 saturated heterocycles. The lowest BCUT2D eigenvalue weighted by molar-refractivity contribution is -0.159. The van der Waals surface area contributed by atoms with Gasteiger partial charge in [0.1, 0.15) is 0 Å². The van der Waals surface area contributed by atoms with Crippen LogP contribution in [0.2, 0.25) is 0 Å². The van der Waals surface area contributed by atoms with Crippen LogP contribution < -0.4 is 0 Å². The van der Waals surface area contributed by atoms with Crippen LogP contribution in [0.25, 0.3) is 0 Å². The van der Waals surface area contributed by atoms with Crippen LogP contribution in [0.1, 0.15) is 19.3 Å². The molecule has 0 spiro atoms. The molecule has 1 fully saturated rings. The molecule has 0 heterocycles. The number of esters is 1. The Kier molecular flexibility index (Phi) is 2.05. The molecule has 0 radical (unpaired) electrons. The Labute approximate surface area is 53.6 Å². The van der Waals surface area contributed by atoms with E-state index in [9.17, 15) is 4.79 Å². The number of aliphatic hydroxyl groups is 1. The van der Waals surface area contributed by atoms with Crippen molar-refractivity contribution < 1.29 is 14.6 Å². The maximum atomic E-state index is 10.6. The molecular weight excluding hydrogens is 120 g/mol. The molecule has 1 rings (SSSR count). The largest absolute Gasteiger partial charge is 0.438 e. The summed E-state index contributed by atoms with van der Waals surface area (Å²) in [5, 5.41) is 8.16. The van der Waals surface area contributed by atoms with Crippen LogP contribution in [0.3, 0.4) is 0 Å². The zero-order valence-electron chi connectivity index (χ0n) is 5.17. The first-order chi connectivity index (χ1) is 4.34. The minimum absolute atomic E-state index is 0.0807. The smallest absolute Gasteiger partial charge is 0.311 e. The molecule has 1 saturated carbocycles. The van der Waals surface area contributed by atoms with E-state index in [1.54, 1.807) is 0 Å². The van der Waals surface area contributed by atoms with Gasteiger partial charge in [-0.1, -0.05) is 6.42 Å². The summed E-state index contributed by atoms with van der Waals surface area (Å²) in [6, 6.07) is 0. The van der Waals surface area contributed by atoms with E-state index >= 15 is 0 Å². The fraction of sp³-hybridized carbons (Fsp3) is 0.833. The minimum atomic E-state index is -0.477. The van der Waals surface area contributed by atoms with Crippen molar-refractivity contribution in [3.8, 4) is 0 Å². The van der Waals surface area contributed by atoms with Crippen molar-refractivity contribution in [2.75, 3.05) is 6.79 Å². The molecular formula is C6H10O3. The lowest BCUT2D eigenvalue weighted by Gasteiger charge is -2.22. The van der Waals surface area contributed by atoms with Crippen molar-refractivity contribution in [3.63, 3.8) is 0 Å². The normalized spacial score (nSPS) is 18.8. The molecule has 1 aliphatic rings. The molecule has 3 heteroatoms. The lowest BCUT2D eigenvalue weighted by atomic mass is 9.86. The van der Waals surface area contributed by atoms with Gasteiger partial charge in [-0.25, -0.2) is 0 Å². The Balaban J connectivity index is 2.16. The second-order valence-corrected chi connectivity index (χ2v) is 2.22. The molecule has 0 atom stereocenters. The Bertz CT molecular complexity index is 107. The van der Waals surface area contributed by atoms with Crippen LogP contribution in [0.4, 0.5) is 0 Å². The fourth-order valence-corrected chi connectivity index (χ4v) is 0.825. The van der Waals surface area contributed by atoms with Gasteiger partial charge < -0.3 is 9.84 Å². The van der Waals surface area contributed by atoms with Gasteiger partial charge in [0.05, 0.1) is 5.92 Å². The van der Waals surface area contributed by atoms with E-state index in [0.717, 1.165) is 19.3 Å². The highest BCUT2D eigenvalue weighted by molar-refractivity contribution is 5.73. The van der Waals surface area contributed by atoms with Crippen molar-refractivity contribution >= 4 is 5.97 Å². The van der Waals surface area contributed by atoms with Crippen molar-refractivity contribution in [1.82, 2.24) is 0 Å². The van der Waals surface area contributed by atoms with Gasteiger partial charge in [0.15, 0.2) is 6.79 Å². The first kappa shape index (κ1) is 6.55. The lowest BCUT2D eigenvalue weighted by Crippen LogP contribution is -2.24. The van der Waals surface area contributed by atoms with E-state index in [0.29, 0.717) is 0 Å². The number of ether oxygens (including phenoxy) is 1. The number of carbonyl (C=O) groups excluding carboxylic acids is 1. The highest BCUT2D eigenvalue weighted by Gasteiger charge is 2.26. The predicted octanol–water partition coefficient (Wildman–Crippen LogP) is 0.280. The maximum absolute atomic E-state index is 10.6. The van der Waals surface area contributed by atoms with Gasteiger partial charge in [0.25, 0.3) is 0 Å². The molecule has 3 nitrogen and oxygen atoms in total. The highest BCUT2D eigenvalue weighted by atomic mass is 16.6. The number of hydrogen-bond acceptors (Lipinski definition) is 3. The number of carbonyl (C=O) groups is 1. The fourth-order valence-electron chi connectivity index (χ4n) is 0.825. The van der Waals surface area contributed by atoms with Gasteiger partial charge in [-0.15, -0.1) is 0 Å². The molecule has 0 aliphatic heterocycles. The van der Waals surface area contributed by atoms with Crippen LogP contribution in [0.15, 0.2) is 0 Å². The molecule has 0 amide bonds. The highest BCUT2D eigenvalue weighted by Crippen LogP contribution is 2.27. The zero-order chi connectivity index (χ0) is 6.69. The second kappa shape index (κ2) is 2.82. The topological polar surface area (TPSA) is 46.5 Å². The van der Waals surface area contributed by atoms with Crippen LogP contribution in [0, 0.1) is 5.92 Å². The molecule has 9 heavy (non-hydrogen) atoms. The SMILES string of the molecule is O=C(OCO)C1CCC1. The van der Waals surface area contributed by atoms with E-state index in [4.69, 9.17) is 5.11 Å². The molecule has 0 unspecified atom stereocenters. The molecule has 1 N–H and O–H groups in total. The molecule has 0 aromatic heterocycles. The molecule has 1 aliphatic carbocycles. The van der Waals surface area contributed by atoms with E-state index in [2.05, 4.69) is 4.74 Å². The summed E-state index contributed by atoms with van der Waals surface area (Å²) >= 11 is 0. The van der Waals surface area contributed by atoms with Gasteiger partial charge >= 0.3 is 5.97 Å².